The van der Waals surface area contributed by atoms with E-state index in [0.29, 0.717) is 19.3 Å². The molecule has 0 aromatic rings. The van der Waals surface area contributed by atoms with Crippen molar-refractivity contribution >= 4 is 11.9 Å². The van der Waals surface area contributed by atoms with Crippen molar-refractivity contribution in [3.63, 3.8) is 0 Å². The summed E-state index contributed by atoms with van der Waals surface area (Å²) in [5.41, 5.74) is 0. The summed E-state index contributed by atoms with van der Waals surface area (Å²) in [7, 11) is 0. The molecule has 1 aliphatic carbocycles. The van der Waals surface area contributed by atoms with E-state index >= 15 is 0 Å². The van der Waals surface area contributed by atoms with Gasteiger partial charge in [-0.15, -0.1) is 6.58 Å². The highest BCUT2D eigenvalue weighted by Gasteiger charge is 2.24. The largest absolute Gasteiger partial charge is 0.480 e. The summed E-state index contributed by atoms with van der Waals surface area (Å²) in [6.45, 7) is 3.55. The Kier molecular flexibility index (Phi) is 5.46. The number of amides is 1. The van der Waals surface area contributed by atoms with Gasteiger partial charge in [0.2, 0.25) is 5.91 Å². The molecule has 0 fully saturated rings. The van der Waals surface area contributed by atoms with E-state index in [-0.39, 0.29) is 11.8 Å². The maximum Gasteiger partial charge on any atom is 0.326 e. The van der Waals surface area contributed by atoms with Crippen LogP contribution >= 0.6 is 0 Å². The average Bonchev–Trinajstić information content (AvgIpc) is 2.35. The number of carbonyl (C=O) groups is 2. The maximum atomic E-state index is 11.8. The van der Waals surface area contributed by atoms with Gasteiger partial charge in [0.25, 0.3) is 0 Å². The lowest BCUT2D eigenvalue weighted by Crippen LogP contribution is -2.43. The smallest absolute Gasteiger partial charge is 0.326 e. The molecule has 4 heteroatoms. The lowest BCUT2D eigenvalue weighted by Gasteiger charge is -2.20. The number of allylic oxidation sites excluding steroid dienone is 3. The van der Waals surface area contributed by atoms with Crippen molar-refractivity contribution in [3.8, 4) is 0 Å². The van der Waals surface area contributed by atoms with Crippen molar-refractivity contribution in [1.82, 2.24) is 5.32 Å². The van der Waals surface area contributed by atoms with Crippen LogP contribution in [-0.4, -0.2) is 23.0 Å². The average molecular weight is 237 g/mol. The Hall–Kier alpha value is -1.58. The highest BCUT2D eigenvalue weighted by Crippen LogP contribution is 2.18. The van der Waals surface area contributed by atoms with E-state index < -0.39 is 12.0 Å². The Morgan fingerprint density at radius 2 is 2.29 bits per heavy atom. The highest BCUT2D eigenvalue weighted by atomic mass is 16.4. The first-order chi connectivity index (χ1) is 8.15. The first-order valence-corrected chi connectivity index (χ1v) is 5.94. The number of aliphatic carboxylic acids is 1. The van der Waals surface area contributed by atoms with Crippen LogP contribution in [-0.2, 0) is 9.59 Å². The SMILES string of the molecule is C=CCCC(NC(=O)C1CC=CCC1)C(=O)O. The van der Waals surface area contributed by atoms with Crippen LogP contribution in [0.3, 0.4) is 0 Å². The van der Waals surface area contributed by atoms with Crippen LogP contribution in [0.2, 0.25) is 0 Å². The van der Waals surface area contributed by atoms with Crippen molar-refractivity contribution in [2.75, 3.05) is 0 Å². The van der Waals surface area contributed by atoms with Crippen LogP contribution in [0.5, 0.6) is 0 Å². The molecule has 0 heterocycles. The molecular formula is C13H19NO3. The van der Waals surface area contributed by atoms with Crippen LogP contribution in [0.25, 0.3) is 0 Å². The fourth-order valence-corrected chi connectivity index (χ4v) is 1.86. The molecule has 4 nitrogen and oxygen atoms in total. The summed E-state index contributed by atoms with van der Waals surface area (Å²) in [5.74, 6) is -1.21. The standard InChI is InChI=1S/C13H19NO3/c1-2-3-9-11(13(16)17)14-12(15)10-7-5-4-6-8-10/h2,4-5,10-11H,1,3,6-9H2,(H,14,15)(H,16,17). The quantitative estimate of drug-likeness (QED) is 0.693. The van der Waals surface area contributed by atoms with Crippen molar-refractivity contribution in [1.29, 1.82) is 0 Å². The fraction of sp³-hybridized carbons (Fsp3) is 0.538. The molecule has 94 valence electrons. The zero-order chi connectivity index (χ0) is 12.7. The van der Waals surface area contributed by atoms with Crippen molar-refractivity contribution < 1.29 is 14.7 Å². The fourth-order valence-electron chi connectivity index (χ4n) is 1.86. The van der Waals surface area contributed by atoms with E-state index in [2.05, 4.69) is 18.0 Å². The Morgan fingerprint density at radius 1 is 1.53 bits per heavy atom. The molecule has 0 aliphatic heterocycles. The highest BCUT2D eigenvalue weighted by molar-refractivity contribution is 5.85. The minimum atomic E-state index is -0.980. The summed E-state index contributed by atoms with van der Waals surface area (Å²) in [6, 6.07) is -0.800. The van der Waals surface area contributed by atoms with Gasteiger partial charge in [-0.3, -0.25) is 4.79 Å². The molecule has 1 rings (SSSR count). The third-order valence-corrected chi connectivity index (χ3v) is 2.91. The zero-order valence-electron chi connectivity index (χ0n) is 9.89. The van der Waals surface area contributed by atoms with Crippen LogP contribution in [0.4, 0.5) is 0 Å². The molecule has 0 saturated heterocycles. The molecule has 0 spiro atoms. The number of nitrogens with one attached hydrogen (secondary N) is 1. The van der Waals surface area contributed by atoms with Crippen LogP contribution in [0, 0.1) is 5.92 Å². The third-order valence-electron chi connectivity index (χ3n) is 2.91. The first-order valence-electron chi connectivity index (χ1n) is 5.94. The van der Waals surface area contributed by atoms with Crippen molar-refractivity contribution in [3.05, 3.63) is 24.8 Å². The predicted molar refractivity (Wildman–Crippen MR) is 65.5 cm³/mol. The normalized spacial score (nSPS) is 20.6. The number of hydrogen-bond acceptors (Lipinski definition) is 2. The van der Waals surface area contributed by atoms with Gasteiger partial charge in [-0.1, -0.05) is 18.2 Å². The summed E-state index contributed by atoms with van der Waals surface area (Å²) >= 11 is 0. The van der Waals surface area contributed by atoms with Gasteiger partial charge in [0.15, 0.2) is 0 Å². The van der Waals surface area contributed by atoms with Crippen LogP contribution in [0.15, 0.2) is 24.8 Å². The summed E-state index contributed by atoms with van der Waals surface area (Å²) in [5, 5.41) is 11.6. The van der Waals surface area contributed by atoms with E-state index in [1.165, 1.54) is 0 Å². The maximum absolute atomic E-state index is 11.8. The summed E-state index contributed by atoms with van der Waals surface area (Å²) in [6.07, 6.45) is 9.07. The third kappa shape index (κ3) is 4.43. The second-order valence-electron chi connectivity index (χ2n) is 4.25. The molecule has 2 unspecified atom stereocenters. The van der Waals surface area contributed by atoms with Gasteiger partial charge in [-0.2, -0.15) is 0 Å². The minimum Gasteiger partial charge on any atom is -0.480 e. The van der Waals surface area contributed by atoms with Gasteiger partial charge in [0.05, 0.1) is 0 Å². The molecular weight excluding hydrogens is 218 g/mol. The van der Waals surface area contributed by atoms with Crippen molar-refractivity contribution in [2.45, 2.75) is 38.1 Å². The van der Waals surface area contributed by atoms with E-state index in [0.717, 1.165) is 12.8 Å². The van der Waals surface area contributed by atoms with Gasteiger partial charge in [-0.25, -0.2) is 4.79 Å². The number of carboxylic acids is 1. The number of carboxylic acid groups (broad SMARTS) is 1. The Morgan fingerprint density at radius 3 is 2.82 bits per heavy atom. The second-order valence-corrected chi connectivity index (χ2v) is 4.25. The van der Waals surface area contributed by atoms with Gasteiger partial charge >= 0.3 is 5.97 Å². The zero-order valence-corrected chi connectivity index (χ0v) is 9.89. The van der Waals surface area contributed by atoms with Gasteiger partial charge < -0.3 is 10.4 Å². The van der Waals surface area contributed by atoms with Crippen LogP contribution in [0.1, 0.15) is 32.1 Å². The predicted octanol–water partition coefficient (Wildman–Crippen LogP) is 1.88. The topological polar surface area (TPSA) is 66.4 Å². The molecule has 17 heavy (non-hydrogen) atoms. The Bertz CT molecular complexity index is 323. The van der Waals surface area contributed by atoms with E-state index in [1.807, 2.05) is 6.08 Å². The first kappa shape index (κ1) is 13.5. The van der Waals surface area contributed by atoms with Gasteiger partial charge in [0.1, 0.15) is 6.04 Å². The van der Waals surface area contributed by atoms with Gasteiger partial charge in [-0.05, 0) is 32.1 Å². The number of hydrogen-bond donors (Lipinski definition) is 2. The Balaban J connectivity index is 2.47. The molecule has 0 bridgehead atoms. The molecule has 0 radical (unpaired) electrons. The summed E-state index contributed by atoms with van der Waals surface area (Å²) < 4.78 is 0. The monoisotopic (exact) mass is 237 g/mol. The molecule has 0 aromatic heterocycles. The lowest BCUT2D eigenvalue weighted by atomic mass is 9.93. The van der Waals surface area contributed by atoms with E-state index in [9.17, 15) is 9.59 Å². The lowest BCUT2D eigenvalue weighted by molar-refractivity contribution is -0.142. The Labute approximate surface area is 101 Å². The van der Waals surface area contributed by atoms with E-state index in [1.54, 1.807) is 6.08 Å². The molecule has 1 aliphatic rings. The molecule has 0 saturated carbocycles. The number of carbonyl (C=O) groups excluding carboxylic acids is 1. The second kappa shape index (κ2) is 6.89. The molecule has 2 N–H and O–H groups in total. The van der Waals surface area contributed by atoms with E-state index in [4.69, 9.17) is 5.11 Å². The number of rotatable bonds is 6. The molecule has 0 aromatic carbocycles. The summed E-state index contributed by atoms with van der Waals surface area (Å²) in [4.78, 5) is 22.8. The molecule has 2 atom stereocenters. The minimum absolute atomic E-state index is 0.0782. The van der Waals surface area contributed by atoms with Gasteiger partial charge in [0, 0.05) is 5.92 Å². The van der Waals surface area contributed by atoms with Crippen molar-refractivity contribution in [2.24, 2.45) is 5.92 Å². The van der Waals surface area contributed by atoms with Crippen LogP contribution < -0.4 is 5.32 Å². The molecule has 1 amide bonds.